The van der Waals surface area contributed by atoms with Gasteiger partial charge in [0.2, 0.25) is 0 Å². The first-order valence-corrected chi connectivity index (χ1v) is 4.67. The third kappa shape index (κ3) is 1.90. The van der Waals surface area contributed by atoms with Gasteiger partial charge in [-0.05, 0) is 6.08 Å². The van der Waals surface area contributed by atoms with Crippen LogP contribution < -0.4 is 4.90 Å². The van der Waals surface area contributed by atoms with Crippen molar-refractivity contribution in [2.45, 2.75) is 0 Å². The summed E-state index contributed by atoms with van der Waals surface area (Å²) in [6.07, 6.45) is 5.19. The van der Waals surface area contributed by atoms with E-state index in [0.717, 1.165) is 37.8 Å². The van der Waals surface area contributed by atoms with Gasteiger partial charge in [0, 0.05) is 13.1 Å². The lowest BCUT2D eigenvalue weighted by atomic mass is 10.4. The highest BCUT2D eigenvalue weighted by atomic mass is 16.5. The van der Waals surface area contributed by atoms with Gasteiger partial charge in [0.15, 0.2) is 0 Å². The topological polar surface area (TPSA) is 38.2 Å². The van der Waals surface area contributed by atoms with Gasteiger partial charge >= 0.3 is 0 Å². The summed E-state index contributed by atoms with van der Waals surface area (Å²) in [6.45, 7) is 6.97. The van der Waals surface area contributed by atoms with Crippen LogP contribution >= 0.6 is 0 Å². The second kappa shape index (κ2) is 4.19. The number of anilines is 1. The molecule has 14 heavy (non-hydrogen) atoms. The van der Waals surface area contributed by atoms with Gasteiger partial charge in [0.05, 0.1) is 31.3 Å². The molecule has 0 aromatic carbocycles. The Morgan fingerprint density at radius 1 is 1.36 bits per heavy atom. The Morgan fingerprint density at radius 3 is 2.86 bits per heavy atom. The molecule has 74 valence electrons. The van der Waals surface area contributed by atoms with Gasteiger partial charge in [-0.2, -0.15) is 0 Å². The largest absolute Gasteiger partial charge is 0.378 e. The average Bonchev–Trinajstić information content (AvgIpc) is 2.30. The number of hydrogen-bond acceptors (Lipinski definition) is 4. The molecule has 2 heterocycles. The van der Waals surface area contributed by atoms with Gasteiger partial charge in [-0.3, -0.25) is 4.98 Å². The molecule has 0 saturated carbocycles. The molecule has 0 spiro atoms. The molecule has 0 radical (unpaired) electrons. The minimum atomic E-state index is 0.764. The monoisotopic (exact) mass is 191 g/mol. The Balaban J connectivity index is 2.17. The number of ether oxygens (including phenoxy) is 1. The lowest BCUT2D eigenvalue weighted by Crippen LogP contribution is -2.36. The fourth-order valence-electron chi connectivity index (χ4n) is 1.41. The molecule has 1 aliphatic heterocycles. The second-order valence-corrected chi connectivity index (χ2v) is 3.11. The van der Waals surface area contributed by atoms with Crippen molar-refractivity contribution >= 4 is 11.9 Å². The highest BCUT2D eigenvalue weighted by molar-refractivity contribution is 5.45. The minimum absolute atomic E-state index is 0.764. The van der Waals surface area contributed by atoms with Gasteiger partial charge in [-0.1, -0.05) is 6.58 Å². The van der Waals surface area contributed by atoms with Crippen molar-refractivity contribution < 1.29 is 4.74 Å². The summed E-state index contributed by atoms with van der Waals surface area (Å²) in [5.74, 6) is 0.908. The van der Waals surface area contributed by atoms with Crippen molar-refractivity contribution in [2.24, 2.45) is 0 Å². The quantitative estimate of drug-likeness (QED) is 0.697. The molecule has 0 atom stereocenters. The Labute approximate surface area is 83.2 Å². The number of aromatic nitrogens is 2. The fraction of sp³-hybridized carbons (Fsp3) is 0.400. The van der Waals surface area contributed by atoms with E-state index in [-0.39, 0.29) is 0 Å². The van der Waals surface area contributed by atoms with E-state index < -0.39 is 0 Å². The first-order chi connectivity index (χ1) is 6.90. The smallest absolute Gasteiger partial charge is 0.147 e. The highest BCUT2D eigenvalue weighted by Gasteiger charge is 2.12. The summed E-state index contributed by atoms with van der Waals surface area (Å²) >= 11 is 0. The van der Waals surface area contributed by atoms with Crippen LogP contribution in [0.2, 0.25) is 0 Å². The molecule has 1 fully saturated rings. The molecule has 1 aromatic rings. The van der Waals surface area contributed by atoms with Gasteiger partial charge in [-0.25, -0.2) is 4.98 Å². The third-order valence-corrected chi connectivity index (χ3v) is 2.18. The van der Waals surface area contributed by atoms with Crippen molar-refractivity contribution in [1.29, 1.82) is 0 Å². The highest BCUT2D eigenvalue weighted by Crippen LogP contribution is 2.11. The van der Waals surface area contributed by atoms with Crippen molar-refractivity contribution in [3.05, 3.63) is 24.7 Å². The molecule has 0 bridgehead atoms. The van der Waals surface area contributed by atoms with Crippen LogP contribution in [0, 0.1) is 0 Å². The molecular formula is C10H13N3O. The van der Waals surface area contributed by atoms with Crippen LogP contribution in [0.1, 0.15) is 5.69 Å². The molecule has 4 heteroatoms. The van der Waals surface area contributed by atoms with Crippen LogP contribution in [-0.2, 0) is 4.74 Å². The Kier molecular flexibility index (Phi) is 2.74. The summed E-state index contributed by atoms with van der Waals surface area (Å²) in [6, 6.07) is 0. The van der Waals surface area contributed by atoms with Crippen LogP contribution in [0.4, 0.5) is 5.82 Å². The van der Waals surface area contributed by atoms with Crippen LogP contribution in [0.25, 0.3) is 6.08 Å². The zero-order chi connectivity index (χ0) is 9.80. The lowest BCUT2D eigenvalue weighted by Gasteiger charge is -2.27. The Morgan fingerprint density at radius 2 is 2.14 bits per heavy atom. The maximum absolute atomic E-state index is 5.27. The Hall–Kier alpha value is -1.42. The molecule has 1 saturated heterocycles. The predicted molar refractivity (Wildman–Crippen MR) is 55.2 cm³/mol. The summed E-state index contributed by atoms with van der Waals surface area (Å²) < 4.78 is 5.27. The van der Waals surface area contributed by atoms with Crippen LogP contribution in [0.15, 0.2) is 19.0 Å². The van der Waals surface area contributed by atoms with E-state index in [0.29, 0.717) is 0 Å². The van der Waals surface area contributed by atoms with Gasteiger partial charge in [0.25, 0.3) is 0 Å². The normalized spacial score (nSPS) is 16.7. The van der Waals surface area contributed by atoms with Crippen molar-refractivity contribution in [1.82, 2.24) is 9.97 Å². The van der Waals surface area contributed by atoms with Crippen LogP contribution in [0.5, 0.6) is 0 Å². The molecule has 0 N–H and O–H groups in total. The molecule has 0 amide bonds. The molecule has 0 unspecified atom stereocenters. The number of hydrogen-bond donors (Lipinski definition) is 0. The summed E-state index contributed by atoms with van der Waals surface area (Å²) in [4.78, 5) is 10.7. The third-order valence-electron chi connectivity index (χ3n) is 2.18. The molecule has 1 aliphatic rings. The molecule has 0 aliphatic carbocycles. The first kappa shape index (κ1) is 9.15. The van der Waals surface area contributed by atoms with Gasteiger partial charge in [-0.15, -0.1) is 0 Å². The molecule has 1 aromatic heterocycles. The summed E-state index contributed by atoms with van der Waals surface area (Å²) in [5.41, 5.74) is 0.814. The van der Waals surface area contributed by atoms with Gasteiger partial charge in [0.1, 0.15) is 5.82 Å². The van der Waals surface area contributed by atoms with Crippen molar-refractivity contribution in [3.63, 3.8) is 0 Å². The van der Waals surface area contributed by atoms with Crippen LogP contribution in [0.3, 0.4) is 0 Å². The van der Waals surface area contributed by atoms with E-state index >= 15 is 0 Å². The van der Waals surface area contributed by atoms with E-state index in [1.807, 2.05) is 0 Å². The Bertz CT molecular complexity index is 321. The van der Waals surface area contributed by atoms with E-state index in [9.17, 15) is 0 Å². The molecule has 4 nitrogen and oxygen atoms in total. The standard InChI is InChI=1S/C10H13N3O/c1-2-9-7-11-8-10(12-9)13-3-5-14-6-4-13/h2,7-8H,1,3-6H2. The zero-order valence-electron chi connectivity index (χ0n) is 8.02. The predicted octanol–water partition coefficient (Wildman–Crippen LogP) is 0.956. The zero-order valence-corrected chi connectivity index (χ0v) is 8.02. The molecular weight excluding hydrogens is 178 g/mol. The SMILES string of the molecule is C=Cc1cncc(N2CCOCC2)n1. The number of morpholine rings is 1. The average molecular weight is 191 g/mol. The first-order valence-electron chi connectivity index (χ1n) is 4.67. The lowest BCUT2D eigenvalue weighted by molar-refractivity contribution is 0.122. The van der Waals surface area contributed by atoms with Gasteiger partial charge < -0.3 is 9.64 Å². The summed E-state index contributed by atoms with van der Waals surface area (Å²) in [7, 11) is 0. The van der Waals surface area contributed by atoms with E-state index in [1.165, 1.54) is 0 Å². The van der Waals surface area contributed by atoms with Crippen molar-refractivity contribution in [2.75, 3.05) is 31.2 Å². The van der Waals surface area contributed by atoms with E-state index in [1.54, 1.807) is 18.5 Å². The summed E-state index contributed by atoms with van der Waals surface area (Å²) in [5, 5.41) is 0. The fourth-order valence-corrected chi connectivity index (χ4v) is 1.41. The molecule has 2 rings (SSSR count). The second-order valence-electron chi connectivity index (χ2n) is 3.11. The number of rotatable bonds is 2. The van der Waals surface area contributed by atoms with Crippen molar-refractivity contribution in [3.8, 4) is 0 Å². The maximum Gasteiger partial charge on any atom is 0.147 e. The minimum Gasteiger partial charge on any atom is -0.378 e. The van der Waals surface area contributed by atoms with E-state index in [2.05, 4.69) is 21.4 Å². The van der Waals surface area contributed by atoms with Crippen LogP contribution in [-0.4, -0.2) is 36.3 Å². The van der Waals surface area contributed by atoms with E-state index in [4.69, 9.17) is 4.74 Å². The maximum atomic E-state index is 5.27. The number of nitrogens with zero attached hydrogens (tertiary/aromatic N) is 3.